The monoisotopic (exact) mass is 500 g/mol. The number of Topliss-reactive ketones (excluding diaryl/α,β-unsaturated/α-hetero) is 1. The van der Waals surface area contributed by atoms with Crippen LogP contribution in [0.2, 0.25) is 0 Å². The molecule has 0 amide bonds. The van der Waals surface area contributed by atoms with Gasteiger partial charge in [0.15, 0.2) is 5.78 Å². The summed E-state index contributed by atoms with van der Waals surface area (Å²) in [5.74, 6) is -1.88. The molecule has 0 bridgehead atoms. The molecule has 0 aliphatic rings. The summed E-state index contributed by atoms with van der Waals surface area (Å²) in [5, 5.41) is 8.51. The third kappa shape index (κ3) is 28.4. The molecule has 0 aliphatic carbocycles. The molecule has 0 saturated heterocycles. The number of unbranched alkanes of at least 4 members (excludes halogenated alkanes) is 11. The predicted octanol–water partition coefficient (Wildman–Crippen LogP) is 7.36. The Hall–Kier alpha value is -1.73. The van der Waals surface area contributed by atoms with Crippen molar-refractivity contribution in [2.45, 2.75) is 150 Å². The van der Waals surface area contributed by atoms with Gasteiger partial charge in [0.2, 0.25) is 6.10 Å². The van der Waals surface area contributed by atoms with Crippen LogP contribution in [0.3, 0.4) is 0 Å². The molecule has 0 aliphatic heterocycles. The van der Waals surface area contributed by atoms with Crippen molar-refractivity contribution < 1.29 is 34.0 Å². The molecule has 0 saturated carbocycles. The number of ether oxygens (including phenoxy) is 1. The molecule has 7 heteroatoms. The highest BCUT2D eigenvalue weighted by Gasteiger charge is 2.28. The lowest BCUT2D eigenvalue weighted by atomic mass is 10.1. The highest BCUT2D eigenvalue weighted by molar-refractivity contribution is 6.00. The molecular weight excluding hydrogens is 448 g/mol. The summed E-state index contributed by atoms with van der Waals surface area (Å²) in [6.45, 7) is 10.4. The van der Waals surface area contributed by atoms with Gasteiger partial charge in [-0.15, -0.1) is 0 Å². The zero-order chi connectivity index (χ0) is 26.9. The first-order valence-corrected chi connectivity index (χ1v) is 13.5. The van der Waals surface area contributed by atoms with Crippen LogP contribution in [0.5, 0.6) is 0 Å². The summed E-state index contributed by atoms with van der Waals surface area (Å²) in [6, 6.07) is 0. The molecule has 1 atom stereocenters. The molecule has 0 aromatic heterocycles. The Kier molecular flexibility index (Phi) is 25.7. The van der Waals surface area contributed by atoms with Gasteiger partial charge in [0.25, 0.3) is 0 Å². The van der Waals surface area contributed by atoms with Gasteiger partial charge in [0.05, 0.1) is 12.2 Å². The van der Waals surface area contributed by atoms with Gasteiger partial charge in [0, 0.05) is 6.42 Å². The number of hydrogen-bond donors (Lipinski definition) is 1. The fraction of sp³-hybridized carbons (Fsp3) is 0.821. The van der Waals surface area contributed by atoms with Gasteiger partial charge < -0.3 is 9.84 Å². The van der Waals surface area contributed by atoms with Gasteiger partial charge in [-0.2, -0.15) is 4.89 Å². The Morgan fingerprint density at radius 1 is 0.743 bits per heavy atom. The first kappa shape index (κ1) is 35.4. The summed E-state index contributed by atoms with van der Waals surface area (Å²) in [6.07, 6.45) is 19.6. The lowest BCUT2D eigenvalue weighted by Gasteiger charge is -2.16. The Balaban J connectivity index is 0. The lowest BCUT2D eigenvalue weighted by Crippen LogP contribution is -2.35. The van der Waals surface area contributed by atoms with E-state index in [1.165, 1.54) is 77.6 Å². The van der Waals surface area contributed by atoms with E-state index >= 15 is 0 Å². The van der Waals surface area contributed by atoms with Crippen LogP contribution in [-0.4, -0.2) is 41.1 Å². The average Bonchev–Trinajstić information content (AvgIpc) is 2.78. The smallest absolute Gasteiger partial charge is 0.378 e. The van der Waals surface area contributed by atoms with Gasteiger partial charge in [-0.1, -0.05) is 70.4 Å². The first-order valence-electron chi connectivity index (χ1n) is 13.5. The number of ketones is 1. The summed E-state index contributed by atoms with van der Waals surface area (Å²) >= 11 is 0. The van der Waals surface area contributed by atoms with Crippen LogP contribution in [0.25, 0.3) is 0 Å². The van der Waals surface area contributed by atoms with Crippen LogP contribution in [0.4, 0.5) is 0 Å². The predicted molar refractivity (Wildman–Crippen MR) is 140 cm³/mol. The van der Waals surface area contributed by atoms with Gasteiger partial charge in [-0.05, 0) is 66.7 Å². The van der Waals surface area contributed by atoms with E-state index in [0.29, 0.717) is 6.42 Å². The van der Waals surface area contributed by atoms with Gasteiger partial charge in [-0.3, -0.25) is 14.5 Å². The van der Waals surface area contributed by atoms with Crippen molar-refractivity contribution in [2.75, 3.05) is 0 Å². The van der Waals surface area contributed by atoms with Gasteiger partial charge in [-0.25, -0.2) is 4.79 Å². The van der Waals surface area contributed by atoms with Crippen molar-refractivity contribution in [2.24, 2.45) is 0 Å². The fourth-order valence-electron chi connectivity index (χ4n) is 3.12. The highest BCUT2D eigenvalue weighted by atomic mass is 17.2. The van der Waals surface area contributed by atoms with E-state index < -0.39 is 23.8 Å². The number of hydrogen-bond acceptors (Lipinski definition) is 6. The Bertz CT molecular complexity index is 556. The third-order valence-electron chi connectivity index (χ3n) is 4.97. The molecule has 0 rings (SSSR count). The van der Waals surface area contributed by atoms with Crippen molar-refractivity contribution in [1.29, 1.82) is 0 Å². The summed E-state index contributed by atoms with van der Waals surface area (Å²) in [4.78, 5) is 41.8. The second-order valence-electron chi connectivity index (χ2n) is 9.45. The van der Waals surface area contributed by atoms with Crippen molar-refractivity contribution in [3.8, 4) is 0 Å². The molecular formula is C28H52O7. The molecule has 1 N–H and O–H groups in total. The largest absolute Gasteiger partial charge is 0.481 e. The van der Waals surface area contributed by atoms with Crippen molar-refractivity contribution in [3.63, 3.8) is 0 Å². The molecule has 0 fully saturated rings. The quantitative estimate of drug-likeness (QED) is 0.0577. The Morgan fingerprint density at radius 2 is 1.23 bits per heavy atom. The lowest BCUT2D eigenvalue weighted by molar-refractivity contribution is -0.297. The average molecular weight is 501 g/mol. The van der Waals surface area contributed by atoms with Crippen LogP contribution in [-0.2, 0) is 28.9 Å². The van der Waals surface area contributed by atoms with E-state index in [4.69, 9.17) is 9.84 Å². The molecule has 0 spiro atoms. The number of aliphatic carboxylic acids is 1. The van der Waals surface area contributed by atoms with Crippen LogP contribution in [0.1, 0.15) is 131 Å². The van der Waals surface area contributed by atoms with Crippen LogP contribution >= 0.6 is 0 Å². The van der Waals surface area contributed by atoms with Crippen molar-refractivity contribution >= 4 is 17.7 Å². The molecule has 35 heavy (non-hydrogen) atoms. The Morgan fingerprint density at radius 3 is 1.66 bits per heavy atom. The third-order valence-corrected chi connectivity index (χ3v) is 4.97. The van der Waals surface area contributed by atoms with Crippen LogP contribution < -0.4 is 0 Å². The first-order chi connectivity index (χ1) is 16.6. The van der Waals surface area contributed by atoms with E-state index in [0.717, 1.165) is 12.8 Å². The number of carboxylic acids is 1. The van der Waals surface area contributed by atoms with E-state index in [2.05, 4.69) is 28.9 Å². The standard InChI is InChI=1S/C18H34O2.C10H18O5/c1-2-3-4-5-6-7-8-9-10-11-12-13-14-15-16-17-18(19)20;1-6(2)13-9(8(5)11)10(12)15-14-7(3)4/h9-10H,2-8,11-17H2,1H3,(H,19,20);6-7,9H,1-5H3/b10-9-;. The summed E-state index contributed by atoms with van der Waals surface area (Å²) < 4.78 is 5.10. The number of carbonyl (C=O) groups excluding carboxylic acids is 2. The van der Waals surface area contributed by atoms with Crippen molar-refractivity contribution in [1.82, 2.24) is 0 Å². The van der Waals surface area contributed by atoms with Gasteiger partial charge in [0.1, 0.15) is 0 Å². The van der Waals surface area contributed by atoms with E-state index in [1.807, 2.05) is 0 Å². The normalized spacial score (nSPS) is 12.0. The van der Waals surface area contributed by atoms with Crippen LogP contribution in [0, 0.1) is 0 Å². The molecule has 206 valence electrons. The van der Waals surface area contributed by atoms with Crippen molar-refractivity contribution in [3.05, 3.63) is 12.2 Å². The maximum absolute atomic E-state index is 11.3. The minimum atomic E-state index is -1.20. The van der Waals surface area contributed by atoms with E-state index in [1.54, 1.807) is 27.7 Å². The molecule has 0 aromatic carbocycles. The van der Waals surface area contributed by atoms with E-state index in [9.17, 15) is 14.4 Å². The SMILES string of the molecule is CC(=O)C(OC(C)C)C(=O)OOC(C)C.CCCCCCCC/C=C\CCCCCCCC(=O)O. The highest BCUT2D eigenvalue weighted by Crippen LogP contribution is 2.10. The maximum Gasteiger partial charge on any atom is 0.378 e. The molecule has 0 aromatic rings. The minimum Gasteiger partial charge on any atom is -0.481 e. The molecule has 0 radical (unpaired) electrons. The van der Waals surface area contributed by atoms with Gasteiger partial charge >= 0.3 is 11.9 Å². The van der Waals surface area contributed by atoms with E-state index in [-0.39, 0.29) is 12.2 Å². The fourth-order valence-corrected chi connectivity index (χ4v) is 3.12. The topological polar surface area (TPSA) is 99.1 Å². The maximum atomic E-state index is 11.3. The minimum absolute atomic E-state index is 0.231. The molecule has 0 heterocycles. The second kappa shape index (κ2) is 25.4. The number of allylic oxidation sites excluding steroid dienone is 2. The second-order valence-corrected chi connectivity index (χ2v) is 9.45. The molecule has 1 unspecified atom stereocenters. The zero-order valence-electron chi connectivity index (χ0n) is 23.2. The zero-order valence-corrected chi connectivity index (χ0v) is 23.2. The number of carboxylic acid groups (broad SMARTS) is 1. The number of carbonyl (C=O) groups is 3. The summed E-state index contributed by atoms with van der Waals surface area (Å²) in [5.41, 5.74) is 0. The van der Waals surface area contributed by atoms with Crippen LogP contribution in [0.15, 0.2) is 12.2 Å². The summed E-state index contributed by atoms with van der Waals surface area (Å²) in [7, 11) is 0. The number of rotatable bonds is 21. The Labute approximate surface area is 213 Å². The molecule has 7 nitrogen and oxygen atoms in total.